The molecule has 3 heterocycles. The van der Waals surface area contributed by atoms with E-state index in [9.17, 15) is 26.9 Å². The fourth-order valence-electron chi connectivity index (χ4n) is 2.76. The van der Waals surface area contributed by atoms with Gasteiger partial charge in [-0.05, 0) is 18.2 Å². The van der Waals surface area contributed by atoms with Gasteiger partial charge in [0.1, 0.15) is 28.9 Å². The quantitative estimate of drug-likeness (QED) is 0.338. The van der Waals surface area contributed by atoms with Gasteiger partial charge in [0.2, 0.25) is 5.54 Å². The van der Waals surface area contributed by atoms with Crippen LogP contribution in [0.5, 0.6) is 5.75 Å². The predicted octanol–water partition coefficient (Wildman–Crippen LogP) is 3.68. The summed E-state index contributed by atoms with van der Waals surface area (Å²) in [5.74, 6) is -2.03. The number of hydrogen-bond donors (Lipinski definition) is 0. The fourth-order valence-corrected chi connectivity index (χ4v) is 2.76. The van der Waals surface area contributed by atoms with Gasteiger partial charge in [0.15, 0.2) is 17.3 Å². The number of rotatable bonds is 5. The molecule has 1 atom stereocenters. The van der Waals surface area contributed by atoms with Gasteiger partial charge in [-0.25, -0.2) is 18.9 Å². The summed E-state index contributed by atoms with van der Waals surface area (Å²) in [6, 6.07) is 3.34. The first-order valence-corrected chi connectivity index (χ1v) is 8.33. The molecule has 31 heavy (non-hydrogen) atoms. The first kappa shape index (κ1) is 21.8. The first-order chi connectivity index (χ1) is 14.5. The number of nitriles is 1. The molecule has 0 saturated heterocycles. The Labute approximate surface area is 170 Å². The Bertz CT molecular complexity index is 1220. The van der Waals surface area contributed by atoms with Crippen LogP contribution in [-0.4, -0.2) is 39.9 Å². The van der Waals surface area contributed by atoms with E-state index in [4.69, 9.17) is 10.00 Å². The Morgan fingerprint density at radius 1 is 1.32 bits per heavy atom. The number of hydrogen-bond acceptors (Lipinski definition) is 8. The summed E-state index contributed by atoms with van der Waals surface area (Å²) in [4.78, 5) is 18.9. The van der Waals surface area contributed by atoms with Crippen molar-refractivity contribution in [2.24, 2.45) is 5.18 Å². The maximum Gasteiger partial charge on any atom is 0.422 e. The lowest BCUT2D eigenvalue weighted by Gasteiger charge is -2.25. The van der Waals surface area contributed by atoms with Crippen LogP contribution < -0.4 is 9.86 Å². The van der Waals surface area contributed by atoms with E-state index in [2.05, 4.69) is 20.2 Å². The second-order valence-electron chi connectivity index (χ2n) is 6.41. The minimum absolute atomic E-state index is 0.0242. The van der Waals surface area contributed by atoms with Crippen LogP contribution in [0.2, 0.25) is 0 Å². The number of halogens is 5. The summed E-state index contributed by atoms with van der Waals surface area (Å²) in [6.07, 6.45) is -4.10. The highest BCUT2D eigenvalue weighted by atomic mass is 19.4. The van der Waals surface area contributed by atoms with E-state index < -0.39 is 46.1 Å². The number of pyridine rings is 1. The molecule has 3 aromatic rings. The third-order valence-corrected chi connectivity index (χ3v) is 4.48. The number of nitroso groups, excluding NO2 is 1. The van der Waals surface area contributed by atoms with E-state index in [-0.39, 0.29) is 16.5 Å². The average molecular weight is 441 g/mol. The largest absolute Gasteiger partial charge is 0.495 e. The molecular weight excluding hydrogens is 429 g/mol. The van der Waals surface area contributed by atoms with Crippen LogP contribution in [0.3, 0.4) is 0 Å². The molecule has 0 saturated carbocycles. The molecule has 0 aliphatic rings. The van der Waals surface area contributed by atoms with Crippen molar-refractivity contribution in [2.45, 2.75) is 18.6 Å². The van der Waals surface area contributed by atoms with Crippen LogP contribution in [0.25, 0.3) is 17.0 Å². The van der Waals surface area contributed by atoms with Gasteiger partial charge in [-0.3, -0.25) is 0 Å². The molecule has 0 amide bonds. The summed E-state index contributed by atoms with van der Waals surface area (Å²) >= 11 is 0. The summed E-state index contributed by atoms with van der Waals surface area (Å²) in [7, 11) is 1.98. The molecule has 0 aliphatic carbocycles. The zero-order valence-corrected chi connectivity index (χ0v) is 16.1. The SMILES string of the molecule is COc1cc2ncc(-c3nc(N(C)F)c(C#N)cc3F)n2nc1C(C)(N=O)C(F)(F)F. The van der Waals surface area contributed by atoms with Crippen molar-refractivity contribution in [3.63, 3.8) is 0 Å². The second-order valence-corrected chi connectivity index (χ2v) is 6.41. The van der Waals surface area contributed by atoms with Crippen LogP contribution in [0.1, 0.15) is 18.2 Å². The summed E-state index contributed by atoms with van der Waals surface area (Å²) in [5, 5.41) is 15.0. The highest BCUT2D eigenvalue weighted by molar-refractivity contribution is 5.66. The molecule has 3 rings (SSSR count). The molecule has 9 nitrogen and oxygen atoms in total. The number of alkyl halides is 3. The van der Waals surface area contributed by atoms with E-state index in [1.807, 2.05) is 0 Å². The third-order valence-electron chi connectivity index (χ3n) is 4.48. The second kappa shape index (κ2) is 7.42. The van der Waals surface area contributed by atoms with Crippen molar-refractivity contribution in [1.29, 1.82) is 5.26 Å². The molecule has 0 fully saturated rings. The molecule has 0 aliphatic heterocycles. The zero-order valence-electron chi connectivity index (χ0n) is 16.1. The molecule has 0 bridgehead atoms. The average Bonchev–Trinajstić information content (AvgIpc) is 3.13. The third kappa shape index (κ3) is 3.37. The van der Waals surface area contributed by atoms with Crippen molar-refractivity contribution in [3.05, 3.63) is 40.3 Å². The number of methoxy groups -OCH3 is 1. The monoisotopic (exact) mass is 441 g/mol. The molecule has 0 N–H and O–H groups in total. The molecule has 0 aromatic carbocycles. The first-order valence-electron chi connectivity index (χ1n) is 8.33. The highest BCUT2D eigenvalue weighted by Crippen LogP contribution is 2.44. The van der Waals surface area contributed by atoms with Crippen molar-refractivity contribution < 1.29 is 26.8 Å². The Kier molecular flexibility index (Phi) is 5.22. The summed E-state index contributed by atoms with van der Waals surface area (Å²) < 4.78 is 74.8. The molecule has 0 spiro atoms. The standard InChI is InChI=1S/C17H12F5N7O2/c1-16(27-30,17(19,20)21)14-11(31-3)5-12-24-7-10(29(12)26-14)13-9(18)4-8(6-23)15(25-13)28(2)22/h4-5,7H,1-3H3. The number of aromatic nitrogens is 4. The van der Waals surface area contributed by atoms with E-state index in [0.717, 1.165) is 30.9 Å². The van der Waals surface area contributed by atoms with E-state index in [1.165, 1.54) is 0 Å². The van der Waals surface area contributed by atoms with E-state index >= 15 is 0 Å². The van der Waals surface area contributed by atoms with Crippen molar-refractivity contribution in [1.82, 2.24) is 19.6 Å². The molecule has 0 radical (unpaired) electrons. The van der Waals surface area contributed by atoms with E-state index in [1.54, 1.807) is 6.07 Å². The van der Waals surface area contributed by atoms with Gasteiger partial charge >= 0.3 is 6.18 Å². The highest BCUT2D eigenvalue weighted by Gasteiger charge is 2.57. The molecule has 1 unspecified atom stereocenters. The lowest BCUT2D eigenvalue weighted by atomic mass is 9.97. The van der Waals surface area contributed by atoms with Crippen molar-refractivity contribution in [2.75, 3.05) is 19.3 Å². The minimum atomic E-state index is -5.13. The molecule has 14 heteroatoms. The summed E-state index contributed by atoms with van der Waals surface area (Å²) in [5.41, 5.74) is -5.49. The number of fused-ring (bicyclic) bond motifs is 1. The van der Waals surface area contributed by atoms with Gasteiger partial charge in [0.25, 0.3) is 0 Å². The maximum atomic E-state index is 14.6. The Morgan fingerprint density at radius 2 is 2.00 bits per heavy atom. The molecule has 162 valence electrons. The van der Waals surface area contributed by atoms with Crippen molar-refractivity contribution in [3.8, 4) is 23.2 Å². The number of ether oxygens (including phenoxy) is 1. The molecule has 3 aromatic heterocycles. The van der Waals surface area contributed by atoms with Crippen LogP contribution >= 0.6 is 0 Å². The smallest absolute Gasteiger partial charge is 0.422 e. The van der Waals surface area contributed by atoms with Gasteiger partial charge in [-0.15, -0.1) is 4.91 Å². The minimum Gasteiger partial charge on any atom is -0.495 e. The lowest BCUT2D eigenvalue weighted by Crippen LogP contribution is -2.39. The number of nitrogens with zero attached hydrogens (tertiary/aromatic N) is 7. The van der Waals surface area contributed by atoms with Crippen LogP contribution in [-0.2, 0) is 5.54 Å². The van der Waals surface area contributed by atoms with Crippen LogP contribution in [0, 0.1) is 22.1 Å². The van der Waals surface area contributed by atoms with Crippen LogP contribution in [0.15, 0.2) is 23.5 Å². The Morgan fingerprint density at radius 3 is 2.52 bits per heavy atom. The summed E-state index contributed by atoms with van der Waals surface area (Å²) in [6.45, 7) is 0.504. The van der Waals surface area contributed by atoms with Crippen LogP contribution in [0.4, 0.5) is 27.9 Å². The topological polar surface area (TPSA) is 109 Å². The van der Waals surface area contributed by atoms with Gasteiger partial charge in [-0.1, -0.05) is 4.48 Å². The number of anilines is 1. The normalized spacial score (nSPS) is 13.5. The predicted molar refractivity (Wildman–Crippen MR) is 96.2 cm³/mol. The Balaban J connectivity index is 2.35. The lowest BCUT2D eigenvalue weighted by molar-refractivity contribution is -0.185. The molecular formula is C17H12F5N7O2. The number of imidazole rings is 1. The van der Waals surface area contributed by atoms with Gasteiger partial charge < -0.3 is 4.74 Å². The van der Waals surface area contributed by atoms with Gasteiger partial charge in [-0.2, -0.15) is 28.7 Å². The fraction of sp³-hybridized carbons (Fsp3) is 0.294. The maximum absolute atomic E-state index is 14.6. The zero-order chi connectivity index (χ0) is 23.1. The van der Waals surface area contributed by atoms with Gasteiger partial charge in [0.05, 0.1) is 18.9 Å². The van der Waals surface area contributed by atoms with Crippen molar-refractivity contribution >= 4 is 11.5 Å². The van der Waals surface area contributed by atoms with E-state index in [0.29, 0.717) is 13.0 Å². The Hall–Kier alpha value is -3.89. The van der Waals surface area contributed by atoms with Gasteiger partial charge in [0, 0.05) is 13.1 Å².